The van der Waals surface area contributed by atoms with Crippen molar-refractivity contribution in [3.63, 3.8) is 0 Å². The van der Waals surface area contributed by atoms with Crippen LogP contribution >= 0.6 is 11.3 Å². The van der Waals surface area contributed by atoms with Crippen LogP contribution in [0.3, 0.4) is 0 Å². The number of thiazole rings is 1. The van der Waals surface area contributed by atoms with Crippen LogP contribution < -0.4 is 11.1 Å². The Balaban J connectivity index is 2.03. The molecule has 1 aromatic heterocycles. The molecule has 78 valence electrons. The molecule has 5 heteroatoms. The second-order valence-electron chi connectivity index (χ2n) is 3.57. The SMILES string of the molecule is CC(c1csc(N)n1)N1CCNCC1. The van der Waals surface area contributed by atoms with Gasteiger partial charge in [0.1, 0.15) is 0 Å². The summed E-state index contributed by atoms with van der Waals surface area (Å²) in [6.07, 6.45) is 0. The van der Waals surface area contributed by atoms with E-state index in [9.17, 15) is 0 Å². The number of nitrogen functional groups attached to an aromatic ring is 1. The third-order valence-corrected chi connectivity index (χ3v) is 3.36. The quantitative estimate of drug-likeness (QED) is 0.757. The van der Waals surface area contributed by atoms with Crippen molar-refractivity contribution in [3.8, 4) is 0 Å². The van der Waals surface area contributed by atoms with Crippen LogP contribution in [0.25, 0.3) is 0 Å². The molecule has 3 N–H and O–H groups in total. The predicted molar refractivity (Wildman–Crippen MR) is 59.4 cm³/mol. The van der Waals surface area contributed by atoms with Gasteiger partial charge in [0.2, 0.25) is 0 Å². The Kier molecular flexibility index (Phi) is 3.00. The molecule has 1 aliphatic rings. The zero-order valence-electron chi connectivity index (χ0n) is 8.36. The van der Waals surface area contributed by atoms with Gasteiger partial charge in [-0.15, -0.1) is 11.3 Å². The first-order valence-corrected chi connectivity index (χ1v) is 5.81. The third-order valence-electron chi connectivity index (χ3n) is 2.67. The summed E-state index contributed by atoms with van der Waals surface area (Å²) >= 11 is 1.52. The van der Waals surface area contributed by atoms with Crippen LogP contribution in [0.1, 0.15) is 18.7 Å². The summed E-state index contributed by atoms with van der Waals surface area (Å²) in [6.45, 7) is 6.53. The Hall–Kier alpha value is -0.650. The molecule has 0 amide bonds. The van der Waals surface area contributed by atoms with Crippen LogP contribution in [0, 0.1) is 0 Å². The lowest BCUT2D eigenvalue weighted by molar-refractivity contribution is 0.183. The molecule has 0 radical (unpaired) electrons. The van der Waals surface area contributed by atoms with Crippen molar-refractivity contribution in [2.45, 2.75) is 13.0 Å². The number of nitrogens with zero attached hydrogens (tertiary/aromatic N) is 2. The van der Waals surface area contributed by atoms with Gasteiger partial charge < -0.3 is 11.1 Å². The van der Waals surface area contributed by atoms with Gasteiger partial charge in [-0.2, -0.15) is 0 Å². The largest absolute Gasteiger partial charge is 0.375 e. The highest BCUT2D eigenvalue weighted by atomic mass is 32.1. The molecular formula is C9H16N4S. The molecule has 1 unspecified atom stereocenters. The molecule has 1 atom stereocenters. The standard InChI is InChI=1S/C9H16N4S/c1-7(8-6-14-9(10)12-8)13-4-2-11-3-5-13/h6-7,11H,2-5H2,1H3,(H2,10,12). The maximum Gasteiger partial charge on any atom is 0.180 e. The minimum atomic E-state index is 0.394. The summed E-state index contributed by atoms with van der Waals surface area (Å²) in [5.74, 6) is 0. The Morgan fingerprint density at radius 3 is 2.86 bits per heavy atom. The van der Waals surface area contributed by atoms with Crippen LogP contribution in [-0.4, -0.2) is 36.1 Å². The molecule has 0 aromatic carbocycles. The van der Waals surface area contributed by atoms with Crippen molar-refractivity contribution in [1.29, 1.82) is 0 Å². The lowest BCUT2D eigenvalue weighted by Crippen LogP contribution is -2.44. The number of hydrogen-bond acceptors (Lipinski definition) is 5. The smallest absolute Gasteiger partial charge is 0.180 e. The fourth-order valence-corrected chi connectivity index (χ4v) is 2.40. The molecule has 1 aliphatic heterocycles. The predicted octanol–water partition coefficient (Wildman–Crippen LogP) is 0.691. The van der Waals surface area contributed by atoms with E-state index in [-0.39, 0.29) is 0 Å². The first-order chi connectivity index (χ1) is 6.77. The van der Waals surface area contributed by atoms with Gasteiger partial charge in [0.15, 0.2) is 5.13 Å². The van der Waals surface area contributed by atoms with Gasteiger partial charge in [-0.3, -0.25) is 4.90 Å². The monoisotopic (exact) mass is 212 g/mol. The fourth-order valence-electron chi connectivity index (χ4n) is 1.75. The van der Waals surface area contributed by atoms with E-state index in [1.807, 2.05) is 0 Å². The molecule has 1 aromatic rings. The molecule has 2 rings (SSSR count). The molecular weight excluding hydrogens is 196 g/mol. The van der Waals surface area contributed by atoms with E-state index in [0.717, 1.165) is 31.9 Å². The number of nitrogens with two attached hydrogens (primary N) is 1. The Morgan fingerprint density at radius 2 is 2.29 bits per heavy atom. The van der Waals surface area contributed by atoms with Crippen molar-refractivity contribution < 1.29 is 0 Å². The average molecular weight is 212 g/mol. The lowest BCUT2D eigenvalue weighted by Gasteiger charge is -2.31. The van der Waals surface area contributed by atoms with E-state index in [1.165, 1.54) is 11.3 Å². The van der Waals surface area contributed by atoms with E-state index >= 15 is 0 Å². The molecule has 14 heavy (non-hydrogen) atoms. The highest BCUT2D eigenvalue weighted by molar-refractivity contribution is 7.13. The highest BCUT2D eigenvalue weighted by Gasteiger charge is 2.19. The summed E-state index contributed by atoms with van der Waals surface area (Å²) in [4.78, 5) is 6.76. The molecule has 0 bridgehead atoms. The highest BCUT2D eigenvalue weighted by Crippen LogP contribution is 2.23. The Labute approximate surface area is 88.1 Å². The van der Waals surface area contributed by atoms with Crippen LogP contribution in [0.5, 0.6) is 0 Å². The maximum absolute atomic E-state index is 5.62. The van der Waals surface area contributed by atoms with Crippen molar-refractivity contribution >= 4 is 16.5 Å². The van der Waals surface area contributed by atoms with Crippen LogP contribution in [0.4, 0.5) is 5.13 Å². The maximum atomic E-state index is 5.62. The van der Waals surface area contributed by atoms with Gasteiger partial charge in [-0.1, -0.05) is 0 Å². The molecule has 0 spiro atoms. The minimum Gasteiger partial charge on any atom is -0.375 e. The van der Waals surface area contributed by atoms with Crippen LogP contribution in [-0.2, 0) is 0 Å². The number of rotatable bonds is 2. The van der Waals surface area contributed by atoms with Crippen LogP contribution in [0.2, 0.25) is 0 Å². The first kappa shape index (κ1) is 9.89. The molecule has 1 fully saturated rings. The minimum absolute atomic E-state index is 0.394. The first-order valence-electron chi connectivity index (χ1n) is 4.93. The zero-order valence-corrected chi connectivity index (χ0v) is 9.18. The molecule has 4 nitrogen and oxygen atoms in total. The summed E-state index contributed by atoms with van der Waals surface area (Å²) in [5.41, 5.74) is 6.73. The number of hydrogen-bond donors (Lipinski definition) is 2. The van der Waals surface area contributed by atoms with Gasteiger partial charge in [0, 0.05) is 31.6 Å². The van der Waals surface area contributed by atoms with Crippen LogP contribution in [0.15, 0.2) is 5.38 Å². The zero-order chi connectivity index (χ0) is 9.97. The van der Waals surface area contributed by atoms with Crippen molar-refractivity contribution in [2.75, 3.05) is 31.9 Å². The number of piperazine rings is 1. The van der Waals surface area contributed by atoms with Gasteiger partial charge >= 0.3 is 0 Å². The van der Waals surface area contributed by atoms with Crippen molar-refractivity contribution in [2.24, 2.45) is 0 Å². The summed E-state index contributed by atoms with van der Waals surface area (Å²) < 4.78 is 0. The van der Waals surface area contributed by atoms with Gasteiger partial charge in [0.05, 0.1) is 11.7 Å². The van der Waals surface area contributed by atoms with Crippen molar-refractivity contribution in [3.05, 3.63) is 11.1 Å². The second kappa shape index (κ2) is 4.25. The molecule has 1 saturated heterocycles. The number of nitrogens with one attached hydrogen (secondary N) is 1. The number of anilines is 1. The van der Waals surface area contributed by atoms with E-state index in [2.05, 4.69) is 27.5 Å². The Bertz CT molecular complexity index is 293. The molecule has 0 saturated carbocycles. The topological polar surface area (TPSA) is 54.2 Å². The lowest BCUT2D eigenvalue weighted by atomic mass is 10.2. The average Bonchev–Trinajstić information content (AvgIpc) is 2.65. The molecule has 0 aliphatic carbocycles. The van der Waals surface area contributed by atoms with E-state index in [4.69, 9.17) is 5.73 Å². The normalized spacial score (nSPS) is 20.9. The van der Waals surface area contributed by atoms with Gasteiger partial charge in [-0.05, 0) is 6.92 Å². The van der Waals surface area contributed by atoms with E-state index in [0.29, 0.717) is 11.2 Å². The third kappa shape index (κ3) is 2.05. The number of aromatic nitrogens is 1. The van der Waals surface area contributed by atoms with Gasteiger partial charge in [-0.25, -0.2) is 4.98 Å². The summed E-state index contributed by atoms with van der Waals surface area (Å²) in [7, 11) is 0. The van der Waals surface area contributed by atoms with E-state index < -0.39 is 0 Å². The Morgan fingerprint density at radius 1 is 1.57 bits per heavy atom. The van der Waals surface area contributed by atoms with Gasteiger partial charge in [0.25, 0.3) is 0 Å². The molecule has 2 heterocycles. The van der Waals surface area contributed by atoms with Crippen molar-refractivity contribution in [1.82, 2.24) is 15.2 Å². The summed E-state index contributed by atoms with van der Waals surface area (Å²) in [6, 6.07) is 0.394. The van der Waals surface area contributed by atoms with E-state index in [1.54, 1.807) is 0 Å². The fraction of sp³-hybridized carbons (Fsp3) is 0.667. The second-order valence-corrected chi connectivity index (χ2v) is 4.46. The summed E-state index contributed by atoms with van der Waals surface area (Å²) in [5, 5.41) is 6.07.